The summed E-state index contributed by atoms with van der Waals surface area (Å²) < 4.78 is 0. The minimum absolute atomic E-state index is 0.292. The summed E-state index contributed by atoms with van der Waals surface area (Å²) in [6.07, 6.45) is 3.40. The third-order valence-electron chi connectivity index (χ3n) is 5.37. The van der Waals surface area contributed by atoms with E-state index in [1.54, 1.807) is 0 Å². The topological polar surface area (TPSA) is 115 Å². The van der Waals surface area contributed by atoms with Crippen LogP contribution in [-0.4, -0.2) is 64.0 Å². The number of aromatic amines is 1. The van der Waals surface area contributed by atoms with Crippen LogP contribution in [0.5, 0.6) is 0 Å². The smallest absolute Gasteiger partial charge is 0.248 e. The van der Waals surface area contributed by atoms with Crippen LogP contribution in [0.3, 0.4) is 0 Å². The molecular weight excluding hydrogens is 348 g/mol. The van der Waals surface area contributed by atoms with Crippen molar-refractivity contribution in [2.24, 2.45) is 0 Å². The summed E-state index contributed by atoms with van der Waals surface area (Å²) in [4.78, 5) is 42.7. The van der Waals surface area contributed by atoms with Gasteiger partial charge in [-0.15, -0.1) is 0 Å². The third-order valence-corrected chi connectivity index (χ3v) is 5.37. The number of benzene rings is 1. The summed E-state index contributed by atoms with van der Waals surface area (Å²) in [6.45, 7) is -0.0435. The molecule has 8 nitrogen and oxygen atoms in total. The molecule has 2 saturated heterocycles. The second-order valence-corrected chi connectivity index (χ2v) is 7.06. The maximum absolute atomic E-state index is 12.7. The second-order valence-electron chi connectivity index (χ2n) is 7.06. The van der Waals surface area contributed by atoms with Gasteiger partial charge in [0.15, 0.2) is 0 Å². The maximum atomic E-state index is 12.7. The normalized spacial score (nSPS) is 26.2. The van der Waals surface area contributed by atoms with Crippen molar-refractivity contribution in [3.05, 3.63) is 36.0 Å². The lowest BCUT2D eigenvalue weighted by atomic mass is 10.0. The fourth-order valence-electron chi connectivity index (χ4n) is 3.96. The molecule has 0 aliphatic carbocycles. The molecular formula is C19H22N4O4. The van der Waals surface area contributed by atoms with E-state index in [-0.39, 0.29) is 5.91 Å². The number of hydrogen-bond donors (Lipinski definition) is 4. The van der Waals surface area contributed by atoms with E-state index in [4.69, 9.17) is 0 Å². The van der Waals surface area contributed by atoms with Crippen molar-refractivity contribution in [2.45, 2.75) is 37.4 Å². The highest BCUT2D eigenvalue weighted by molar-refractivity contribution is 5.98. The fourth-order valence-corrected chi connectivity index (χ4v) is 3.96. The Morgan fingerprint density at radius 2 is 1.85 bits per heavy atom. The number of aliphatic hydroxyl groups is 1. The van der Waals surface area contributed by atoms with Gasteiger partial charge in [0.2, 0.25) is 17.7 Å². The molecule has 27 heavy (non-hydrogen) atoms. The summed E-state index contributed by atoms with van der Waals surface area (Å²) in [7, 11) is 0. The lowest BCUT2D eigenvalue weighted by Gasteiger charge is -2.25. The molecule has 1 aromatic carbocycles. The quantitative estimate of drug-likeness (QED) is 0.593. The molecule has 3 amide bonds. The standard InChI is InChI=1S/C19H22N4O4/c24-10-15-19(27)23-7-3-6-16(23)18(26)21-14(17(25)22-15)8-11-9-20-13-5-2-1-4-12(11)13/h1-2,4-5,9,14-16,20,24H,3,6-8,10H2,(H,21,26)(H,22,25)/t14-,15-,16-/m0/s1. The van der Waals surface area contributed by atoms with Gasteiger partial charge >= 0.3 is 0 Å². The van der Waals surface area contributed by atoms with Crippen LogP contribution in [0.15, 0.2) is 30.5 Å². The highest BCUT2D eigenvalue weighted by Crippen LogP contribution is 2.22. The Hall–Kier alpha value is -2.87. The lowest BCUT2D eigenvalue weighted by Crippen LogP contribution is -2.53. The zero-order valence-electron chi connectivity index (χ0n) is 14.8. The minimum atomic E-state index is -1.03. The molecule has 0 spiro atoms. The number of aliphatic hydroxyl groups excluding tert-OH is 1. The van der Waals surface area contributed by atoms with Crippen LogP contribution in [0.4, 0.5) is 0 Å². The minimum Gasteiger partial charge on any atom is -0.394 e. The van der Waals surface area contributed by atoms with Gasteiger partial charge in [0.25, 0.3) is 0 Å². The number of nitrogens with one attached hydrogen (secondary N) is 3. The number of amides is 3. The number of hydrogen-bond acceptors (Lipinski definition) is 4. The fraction of sp³-hybridized carbons (Fsp3) is 0.421. The van der Waals surface area contributed by atoms with E-state index in [0.29, 0.717) is 19.4 Å². The molecule has 8 heteroatoms. The van der Waals surface area contributed by atoms with Crippen LogP contribution in [-0.2, 0) is 20.8 Å². The molecule has 2 aromatic rings. The van der Waals surface area contributed by atoms with Crippen molar-refractivity contribution in [2.75, 3.05) is 13.2 Å². The van der Waals surface area contributed by atoms with Gasteiger partial charge in [-0.05, 0) is 24.5 Å². The maximum Gasteiger partial charge on any atom is 0.248 e. The molecule has 3 heterocycles. The monoisotopic (exact) mass is 370 g/mol. The molecule has 4 rings (SSSR count). The lowest BCUT2D eigenvalue weighted by molar-refractivity contribution is -0.140. The van der Waals surface area contributed by atoms with Crippen LogP contribution >= 0.6 is 0 Å². The van der Waals surface area contributed by atoms with Crippen LogP contribution in [0, 0.1) is 0 Å². The number of fused-ring (bicyclic) bond motifs is 2. The van der Waals surface area contributed by atoms with Crippen molar-refractivity contribution in [1.29, 1.82) is 0 Å². The zero-order chi connectivity index (χ0) is 19.0. The number of H-pyrrole nitrogens is 1. The summed E-state index contributed by atoms with van der Waals surface area (Å²) in [5, 5.41) is 16.0. The van der Waals surface area contributed by atoms with Crippen molar-refractivity contribution < 1.29 is 19.5 Å². The molecule has 0 bridgehead atoms. The van der Waals surface area contributed by atoms with Crippen LogP contribution in [0.2, 0.25) is 0 Å². The molecule has 3 atom stereocenters. The average molecular weight is 370 g/mol. The van der Waals surface area contributed by atoms with E-state index in [9.17, 15) is 19.5 Å². The largest absolute Gasteiger partial charge is 0.394 e. The Balaban J connectivity index is 1.64. The van der Waals surface area contributed by atoms with E-state index >= 15 is 0 Å². The van der Waals surface area contributed by atoms with Gasteiger partial charge in [0, 0.05) is 30.1 Å². The first-order valence-corrected chi connectivity index (χ1v) is 9.15. The Labute approximate surface area is 155 Å². The van der Waals surface area contributed by atoms with E-state index in [2.05, 4.69) is 15.6 Å². The van der Waals surface area contributed by atoms with Crippen molar-refractivity contribution in [3.63, 3.8) is 0 Å². The predicted octanol–water partition coefficient (Wildman–Crippen LogP) is -0.323. The van der Waals surface area contributed by atoms with Crippen molar-refractivity contribution in [1.82, 2.24) is 20.5 Å². The Kier molecular flexibility index (Phi) is 4.57. The molecule has 2 fully saturated rings. The number of carbonyl (C=O) groups is 3. The van der Waals surface area contributed by atoms with E-state index in [1.807, 2.05) is 30.5 Å². The van der Waals surface area contributed by atoms with Gasteiger partial charge in [-0.3, -0.25) is 14.4 Å². The molecule has 2 aliphatic rings. The Bertz CT molecular complexity index is 893. The number of aromatic nitrogens is 1. The first-order chi connectivity index (χ1) is 13.1. The summed E-state index contributed by atoms with van der Waals surface area (Å²) in [6, 6.07) is 5.29. The number of carbonyl (C=O) groups excluding carboxylic acids is 3. The number of rotatable bonds is 3. The van der Waals surface area contributed by atoms with Gasteiger partial charge in [-0.1, -0.05) is 18.2 Å². The van der Waals surface area contributed by atoms with Crippen LogP contribution < -0.4 is 10.6 Å². The highest BCUT2D eigenvalue weighted by atomic mass is 16.3. The van der Waals surface area contributed by atoms with Crippen LogP contribution in [0.25, 0.3) is 10.9 Å². The number of para-hydroxylation sites is 1. The van der Waals surface area contributed by atoms with Gasteiger partial charge in [0.1, 0.15) is 18.1 Å². The van der Waals surface area contributed by atoms with Crippen molar-refractivity contribution >= 4 is 28.6 Å². The van der Waals surface area contributed by atoms with Gasteiger partial charge in [-0.25, -0.2) is 0 Å². The molecule has 4 N–H and O–H groups in total. The molecule has 0 radical (unpaired) electrons. The highest BCUT2D eigenvalue weighted by Gasteiger charge is 2.41. The molecule has 2 aliphatic heterocycles. The zero-order valence-corrected chi connectivity index (χ0v) is 14.8. The Morgan fingerprint density at radius 1 is 1.07 bits per heavy atom. The van der Waals surface area contributed by atoms with E-state index in [1.165, 1.54) is 4.90 Å². The average Bonchev–Trinajstić information content (AvgIpc) is 3.32. The summed E-state index contributed by atoms with van der Waals surface area (Å²) in [5.74, 6) is -1.20. The first kappa shape index (κ1) is 17.5. The van der Waals surface area contributed by atoms with Crippen LogP contribution in [0.1, 0.15) is 18.4 Å². The molecule has 142 valence electrons. The molecule has 0 saturated carbocycles. The predicted molar refractivity (Wildman–Crippen MR) is 97.7 cm³/mol. The van der Waals surface area contributed by atoms with Gasteiger partial charge in [0.05, 0.1) is 6.61 Å². The molecule has 1 aromatic heterocycles. The summed E-state index contributed by atoms with van der Waals surface area (Å²) >= 11 is 0. The summed E-state index contributed by atoms with van der Waals surface area (Å²) in [5.41, 5.74) is 1.85. The first-order valence-electron chi connectivity index (χ1n) is 9.15. The van der Waals surface area contributed by atoms with Gasteiger partial charge < -0.3 is 25.6 Å². The van der Waals surface area contributed by atoms with Crippen molar-refractivity contribution in [3.8, 4) is 0 Å². The third kappa shape index (κ3) is 3.16. The van der Waals surface area contributed by atoms with Gasteiger partial charge in [-0.2, -0.15) is 0 Å². The Morgan fingerprint density at radius 3 is 2.67 bits per heavy atom. The number of nitrogens with zero attached hydrogens (tertiary/aromatic N) is 1. The SMILES string of the molecule is O=C1N[C@@H](CO)C(=O)N2CCC[C@H]2C(=O)N[C@H]1Cc1c[nH]c2ccccc12. The van der Waals surface area contributed by atoms with E-state index < -0.39 is 36.5 Å². The van der Waals surface area contributed by atoms with E-state index in [0.717, 1.165) is 22.9 Å². The second kappa shape index (κ2) is 7.03. The molecule has 0 unspecified atom stereocenters.